The summed E-state index contributed by atoms with van der Waals surface area (Å²) in [7, 11) is -4.03. The van der Waals surface area contributed by atoms with Crippen LogP contribution in [0.15, 0.2) is 48.7 Å². The first-order valence-electron chi connectivity index (χ1n) is 8.52. The number of aromatic nitrogens is 2. The van der Waals surface area contributed by atoms with E-state index in [0.29, 0.717) is 15.2 Å². The fourth-order valence-corrected chi connectivity index (χ4v) is 3.57. The highest BCUT2D eigenvalue weighted by molar-refractivity contribution is 7.92. The first-order chi connectivity index (χ1) is 13.9. The second-order valence-electron chi connectivity index (χ2n) is 6.45. The number of alkyl halides is 3. The Bertz CT molecular complexity index is 1200. The molecule has 0 aliphatic carbocycles. The Kier molecular flexibility index (Phi) is 5.66. The summed E-state index contributed by atoms with van der Waals surface area (Å²) >= 11 is 0. The Morgan fingerprint density at radius 1 is 1.13 bits per heavy atom. The Hall–Kier alpha value is -3.21. The largest absolute Gasteiger partial charge is 0.468 e. The van der Waals surface area contributed by atoms with Crippen molar-refractivity contribution in [2.24, 2.45) is 0 Å². The zero-order chi connectivity index (χ0) is 22.1. The maximum Gasteiger partial charge on any atom is 0.422 e. The SMILES string of the molecule is Cc1ccc2cc(N(C(=O)c3ccc(OCC(F)(F)F)nc3)S(C)(=O)=O)ccc2n1. The van der Waals surface area contributed by atoms with Crippen LogP contribution in [0, 0.1) is 6.92 Å². The average molecular weight is 439 g/mol. The van der Waals surface area contributed by atoms with Crippen molar-refractivity contribution in [2.75, 3.05) is 17.2 Å². The summed E-state index contributed by atoms with van der Waals surface area (Å²) in [5, 5.41) is 0.633. The summed E-state index contributed by atoms with van der Waals surface area (Å²) < 4.78 is 66.4. The van der Waals surface area contributed by atoms with Gasteiger partial charge in [-0.05, 0) is 37.3 Å². The van der Waals surface area contributed by atoms with Crippen molar-refractivity contribution >= 4 is 32.5 Å². The number of fused-ring (bicyclic) bond motifs is 1. The van der Waals surface area contributed by atoms with Crippen LogP contribution in [0.25, 0.3) is 10.9 Å². The molecule has 2 aromatic heterocycles. The van der Waals surface area contributed by atoms with Gasteiger partial charge in [0.15, 0.2) is 6.61 Å². The van der Waals surface area contributed by atoms with E-state index in [-0.39, 0.29) is 17.1 Å². The molecule has 0 spiro atoms. The Morgan fingerprint density at radius 3 is 2.47 bits per heavy atom. The van der Waals surface area contributed by atoms with Crippen LogP contribution in [0.4, 0.5) is 18.9 Å². The number of pyridine rings is 2. The zero-order valence-electron chi connectivity index (χ0n) is 15.8. The molecule has 1 aromatic carbocycles. The van der Waals surface area contributed by atoms with Crippen molar-refractivity contribution in [1.29, 1.82) is 0 Å². The molecule has 0 fully saturated rings. The highest BCUT2D eigenvalue weighted by Gasteiger charge is 2.29. The van der Waals surface area contributed by atoms with Crippen LogP contribution in [0.1, 0.15) is 16.1 Å². The van der Waals surface area contributed by atoms with Crippen LogP contribution < -0.4 is 9.04 Å². The van der Waals surface area contributed by atoms with Gasteiger partial charge in [-0.15, -0.1) is 0 Å². The number of benzene rings is 1. The van der Waals surface area contributed by atoms with E-state index in [0.717, 1.165) is 30.3 Å². The molecule has 1 amide bonds. The van der Waals surface area contributed by atoms with Crippen molar-refractivity contribution in [3.05, 3.63) is 59.9 Å². The van der Waals surface area contributed by atoms with Crippen LogP contribution in [0.3, 0.4) is 0 Å². The molecule has 2 heterocycles. The van der Waals surface area contributed by atoms with E-state index in [4.69, 9.17) is 0 Å². The number of aryl methyl sites for hydroxylation is 1. The molecule has 0 N–H and O–H groups in total. The van der Waals surface area contributed by atoms with Gasteiger partial charge in [-0.25, -0.2) is 17.7 Å². The number of carbonyl (C=O) groups excluding carboxylic acids is 1. The predicted octanol–water partition coefficient (Wildman–Crippen LogP) is 3.49. The van der Waals surface area contributed by atoms with Gasteiger partial charge in [-0.2, -0.15) is 13.2 Å². The van der Waals surface area contributed by atoms with Gasteiger partial charge in [-0.1, -0.05) is 6.07 Å². The number of carbonyl (C=O) groups is 1. The Labute approximate surface area is 170 Å². The topological polar surface area (TPSA) is 89.5 Å². The molecule has 0 atom stereocenters. The molecule has 0 radical (unpaired) electrons. The average Bonchev–Trinajstić information content (AvgIpc) is 2.65. The van der Waals surface area contributed by atoms with Crippen molar-refractivity contribution in [3.8, 4) is 5.88 Å². The third-order valence-electron chi connectivity index (χ3n) is 3.93. The van der Waals surface area contributed by atoms with E-state index in [9.17, 15) is 26.4 Å². The highest BCUT2D eigenvalue weighted by atomic mass is 32.2. The summed E-state index contributed by atoms with van der Waals surface area (Å²) in [5.41, 5.74) is 1.37. The first-order valence-corrected chi connectivity index (χ1v) is 10.4. The standard InChI is InChI=1S/C19H16F3N3O4S/c1-12-3-4-13-9-15(6-7-16(13)24-12)25(30(2,27)28)18(26)14-5-8-17(23-10-14)29-11-19(20,21)22/h3-10H,11H2,1-2H3. The van der Waals surface area contributed by atoms with E-state index in [1.165, 1.54) is 12.1 Å². The van der Waals surface area contributed by atoms with Gasteiger partial charge in [0, 0.05) is 23.3 Å². The van der Waals surface area contributed by atoms with E-state index in [1.807, 2.05) is 6.92 Å². The lowest BCUT2D eigenvalue weighted by atomic mass is 10.1. The van der Waals surface area contributed by atoms with Crippen LogP contribution >= 0.6 is 0 Å². The van der Waals surface area contributed by atoms with Gasteiger partial charge < -0.3 is 4.74 Å². The maximum absolute atomic E-state index is 12.9. The maximum atomic E-state index is 12.9. The van der Waals surface area contributed by atoms with Gasteiger partial charge in [-0.3, -0.25) is 9.78 Å². The molecule has 0 unspecified atom stereocenters. The first kappa shape index (κ1) is 21.5. The number of hydrogen-bond acceptors (Lipinski definition) is 6. The van der Waals surface area contributed by atoms with Crippen LogP contribution in [-0.4, -0.2) is 43.3 Å². The molecule has 7 nitrogen and oxygen atoms in total. The molecule has 11 heteroatoms. The summed E-state index contributed by atoms with van der Waals surface area (Å²) in [5.74, 6) is -1.26. The van der Waals surface area contributed by atoms with Gasteiger partial charge in [0.2, 0.25) is 15.9 Å². The lowest BCUT2D eigenvalue weighted by Gasteiger charge is -2.21. The molecule has 3 rings (SSSR count). The van der Waals surface area contributed by atoms with Crippen molar-refractivity contribution in [2.45, 2.75) is 13.1 Å². The molecule has 0 aliphatic heterocycles. The minimum absolute atomic E-state index is 0.0954. The Balaban J connectivity index is 1.93. The summed E-state index contributed by atoms with van der Waals surface area (Å²) in [6, 6.07) is 10.3. The summed E-state index contributed by atoms with van der Waals surface area (Å²) in [4.78, 5) is 20.9. The number of hydrogen-bond donors (Lipinski definition) is 0. The van der Waals surface area contributed by atoms with Crippen molar-refractivity contribution in [3.63, 3.8) is 0 Å². The second-order valence-corrected chi connectivity index (χ2v) is 8.28. The minimum atomic E-state index is -4.53. The number of nitrogens with zero attached hydrogens (tertiary/aromatic N) is 3. The smallest absolute Gasteiger partial charge is 0.422 e. The number of ether oxygens (including phenoxy) is 1. The fraction of sp³-hybridized carbons (Fsp3) is 0.211. The monoisotopic (exact) mass is 439 g/mol. The zero-order valence-corrected chi connectivity index (χ0v) is 16.7. The molecule has 30 heavy (non-hydrogen) atoms. The van der Waals surface area contributed by atoms with E-state index >= 15 is 0 Å². The van der Waals surface area contributed by atoms with Crippen LogP contribution in [-0.2, 0) is 10.0 Å². The van der Waals surface area contributed by atoms with Crippen LogP contribution in [0.2, 0.25) is 0 Å². The van der Waals surface area contributed by atoms with Gasteiger partial charge in [0.1, 0.15) is 0 Å². The quantitative estimate of drug-likeness (QED) is 0.605. The molecule has 0 bridgehead atoms. The minimum Gasteiger partial charge on any atom is -0.468 e. The number of halogens is 3. The molecule has 0 saturated heterocycles. The second kappa shape index (κ2) is 7.90. The molecule has 0 saturated carbocycles. The normalized spacial score (nSPS) is 12.0. The highest BCUT2D eigenvalue weighted by Crippen LogP contribution is 2.25. The lowest BCUT2D eigenvalue weighted by Crippen LogP contribution is -2.36. The third kappa shape index (κ3) is 5.03. The van der Waals surface area contributed by atoms with Gasteiger partial charge >= 0.3 is 6.18 Å². The predicted molar refractivity (Wildman–Crippen MR) is 104 cm³/mol. The van der Waals surface area contributed by atoms with Gasteiger partial charge in [0.25, 0.3) is 5.91 Å². The van der Waals surface area contributed by atoms with E-state index < -0.39 is 28.7 Å². The summed E-state index contributed by atoms with van der Waals surface area (Å²) in [6.45, 7) is 0.280. The lowest BCUT2D eigenvalue weighted by molar-refractivity contribution is -0.154. The molecular formula is C19H16F3N3O4S. The fourth-order valence-electron chi connectivity index (χ4n) is 2.67. The van der Waals surface area contributed by atoms with Crippen molar-refractivity contribution < 1.29 is 31.1 Å². The molecule has 158 valence electrons. The molecular weight excluding hydrogens is 423 g/mol. The molecule has 3 aromatic rings. The van der Waals surface area contributed by atoms with E-state index in [2.05, 4.69) is 14.7 Å². The summed E-state index contributed by atoms with van der Waals surface area (Å²) in [6.07, 6.45) is -2.71. The number of anilines is 1. The number of amides is 1. The number of rotatable bonds is 5. The molecule has 0 aliphatic rings. The third-order valence-corrected chi connectivity index (χ3v) is 4.97. The number of sulfonamides is 1. The van der Waals surface area contributed by atoms with E-state index in [1.54, 1.807) is 18.2 Å². The van der Waals surface area contributed by atoms with Crippen LogP contribution in [0.5, 0.6) is 5.88 Å². The Morgan fingerprint density at radius 2 is 1.87 bits per heavy atom. The van der Waals surface area contributed by atoms with Crippen molar-refractivity contribution in [1.82, 2.24) is 9.97 Å². The van der Waals surface area contributed by atoms with Gasteiger partial charge in [0.05, 0.1) is 23.0 Å².